The topological polar surface area (TPSA) is 50.7 Å². The first-order chi connectivity index (χ1) is 6.66. The van der Waals surface area contributed by atoms with Gasteiger partial charge in [-0.2, -0.15) is 11.8 Å². The molecule has 1 amide bonds. The summed E-state index contributed by atoms with van der Waals surface area (Å²) in [6, 6.07) is 0. The second-order valence-electron chi connectivity index (χ2n) is 2.55. The third kappa shape index (κ3) is 5.01. The first kappa shape index (κ1) is 6.77. The van der Waals surface area contributed by atoms with Crippen LogP contribution < -0.4 is 5.32 Å². The van der Waals surface area contributed by atoms with Gasteiger partial charge in [0.15, 0.2) is 0 Å². The van der Waals surface area contributed by atoms with E-state index in [9.17, 15) is 4.79 Å². The normalized spacial score (nSPS) is 16.4. The highest BCUT2D eigenvalue weighted by Crippen LogP contribution is 2.17. The summed E-state index contributed by atoms with van der Waals surface area (Å²) in [5.74, 6) is 0. The lowest BCUT2D eigenvalue weighted by Crippen LogP contribution is -2.19. The molecule has 0 saturated carbocycles. The number of oxime groups is 1. The summed E-state index contributed by atoms with van der Waals surface area (Å²) in [7, 11) is 0. The van der Waals surface area contributed by atoms with Crippen LogP contribution in [0.3, 0.4) is 0 Å². The third-order valence-electron chi connectivity index (χ3n) is 1.13. The molecular formula is C7H14N2O2S. The highest BCUT2D eigenvalue weighted by Gasteiger charge is 2.12. The molecule has 0 heterocycles. The Labute approximate surface area is 80.9 Å². The summed E-state index contributed by atoms with van der Waals surface area (Å²) in [6.45, 7) is 1.21. The van der Waals surface area contributed by atoms with Crippen molar-refractivity contribution in [2.45, 2.75) is 18.6 Å². The van der Waals surface area contributed by atoms with E-state index in [0.29, 0.717) is 0 Å². The van der Waals surface area contributed by atoms with Crippen LogP contribution >= 0.6 is 11.8 Å². The van der Waals surface area contributed by atoms with Crippen LogP contribution in [-0.4, -0.2) is 30.3 Å². The molecule has 0 saturated heterocycles. The van der Waals surface area contributed by atoms with Gasteiger partial charge < -0.3 is 5.32 Å². The van der Waals surface area contributed by atoms with Crippen molar-refractivity contribution in [2.24, 2.45) is 5.16 Å². The molecule has 70 valence electrons. The summed E-state index contributed by atoms with van der Waals surface area (Å²) in [6.07, 6.45) is 2.22. The second kappa shape index (κ2) is 5.03. The Morgan fingerprint density at radius 1 is 1.83 bits per heavy atom. The zero-order chi connectivity index (χ0) is 12.1. The zero-order valence-corrected chi connectivity index (χ0v) is 8.07. The van der Waals surface area contributed by atoms with Crippen LogP contribution in [0.2, 0.25) is 0 Å². The van der Waals surface area contributed by atoms with E-state index in [2.05, 4.69) is 9.99 Å². The van der Waals surface area contributed by atoms with Crippen LogP contribution in [0.15, 0.2) is 5.16 Å². The predicted molar refractivity (Wildman–Crippen MR) is 51.6 cm³/mol. The van der Waals surface area contributed by atoms with Gasteiger partial charge in [-0.05, 0) is 20.1 Å². The van der Waals surface area contributed by atoms with Crippen molar-refractivity contribution in [1.29, 1.82) is 0 Å². The molecule has 0 aromatic rings. The van der Waals surface area contributed by atoms with Crippen LogP contribution in [0.4, 0.5) is 4.79 Å². The van der Waals surface area contributed by atoms with Crippen molar-refractivity contribution in [3.05, 3.63) is 0 Å². The van der Waals surface area contributed by atoms with Crippen molar-refractivity contribution >= 4 is 24.1 Å². The van der Waals surface area contributed by atoms with E-state index in [-0.39, 0.29) is 4.75 Å². The minimum atomic E-state index is -2.55. The van der Waals surface area contributed by atoms with E-state index in [0.717, 1.165) is 0 Å². The van der Waals surface area contributed by atoms with Gasteiger partial charge >= 0.3 is 6.09 Å². The maximum atomic E-state index is 10.8. The molecule has 1 N–H and O–H groups in total. The minimum Gasteiger partial charge on any atom is -0.323 e. The number of hydrogen-bond acceptors (Lipinski definition) is 4. The number of carbonyl (C=O) groups excluding carboxylic acids is 1. The first-order valence-electron chi connectivity index (χ1n) is 4.75. The molecule has 0 fully saturated rings. The van der Waals surface area contributed by atoms with Gasteiger partial charge in [0.1, 0.15) is 0 Å². The standard InChI is InChI=1S/C7H14N2O2S/c1-7(2,12-4)5-9-11-6(10)8-3/h5H,1-4H3,(H,8,10)/b9-5-/i3+1D3,6+1. The lowest BCUT2D eigenvalue weighted by atomic mass is 10.2. The summed E-state index contributed by atoms with van der Waals surface area (Å²) in [5.41, 5.74) is 0. The molecule has 0 radical (unpaired) electrons. The fourth-order valence-corrected chi connectivity index (χ4v) is 0.425. The van der Waals surface area contributed by atoms with Crippen LogP contribution in [0.1, 0.15) is 18.0 Å². The fraction of sp³-hybridized carbons (Fsp3) is 0.714. The van der Waals surface area contributed by atoms with Crippen LogP contribution in [0.5, 0.6) is 0 Å². The Morgan fingerprint density at radius 3 is 3.00 bits per heavy atom. The quantitative estimate of drug-likeness (QED) is 0.321. The van der Waals surface area contributed by atoms with Crippen LogP contribution in [0.25, 0.3) is 0 Å². The van der Waals surface area contributed by atoms with E-state index in [1.54, 1.807) is 5.32 Å². The number of nitrogens with zero attached hydrogens (tertiary/aromatic N) is 1. The van der Waals surface area contributed by atoms with E-state index in [1.165, 1.54) is 18.0 Å². The lowest BCUT2D eigenvalue weighted by molar-refractivity contribution is 0.153. The SMILES string of the molecule is [2H][13C]([2H])([2H])N[13C](=O)O/N=C\C(C)(C)SC. The Kier molecular flexibility index (Phi) is 2.84. The number of amides is 1. The van der Waals surface area contributed by atoms with Crippen LogP contribution in [0, 0.1) is 0 Å². The molecule has 4 nitrogen and oxygen atoms in total. The van der Waals surface area contributed by atoms with Gasteiger partial charge in [-0.15, -0.1) is 0 Å². The van der Waals surface area contributed by atoms with E-state index < -0.39 is 13.1 Å². The molecule has 5 heteroatoms. The molecule has 0 unspecified atom stereocenters. The predicted octanol–water partition coefficient (Wildman–Crippen LogP) is 1.47. The maximum absolute atomic E-state index is 10.8. The van der Waals surface area contributed by atoms with Crippen molar-refractivity contribution in [2.75, 3.05) is 13.2 Å². The van der Waals surface area contributed by atoms with Gasteiger partial charge in [0.05, 0.1) is 6.21 Å². The molecule has 12 heavy (non-hydrogen) atoms. The van der Waals surface area contributed by atoms with E-state index in [4.69, 9.17) is 4.11 Å². The second-order valence-corrected chi connectivity index (χ2v) is 4.01. The zero-order valence-electron chi connectivity index (χ0n) is 10.2. The van der Waals surface area contributed by atoms with Gasteiger partial charge in [0, 0.05) is 15.8 Å². The Balaban J connectivity index is 4.02. The number of hydrogen-bond donors (Lipinski definition) is 1. The summed E-state index contributed by atoms with van der Waals surface area (Å²) >= 11 is 1.52. The van der Waals surface area contributed by atoms with Gasteiger partial charge in [-0.1, -0.05) is 5.16 Å². The summed E-state index contributed by atoms with van der Waals surface area (Å²) in [4.78, 5) is 15.1. The first-order valence-corrected chi connectivity index (χ1v) is 4.47. The Morgan fingerprint density at radius 2 is 2.50 bits per heavy atom. The molecule has 0 aromatic heterocycles. The van der Waals surface area contributed by atoms with Crippen molar-refractivity contribution < 1.29 is 13.7 Å². The lowest BCUT2D eigenvalue weighted by Gasteiger charge is -2.13. The largest absolute Gasteiger partial charge is 0.433 e. The number of thioether (sulfide) groups is 1. The molecular weight excluding hydrogens is 178 g/mol. The average Bonchev–Trinajstić information content (AvgIpc) is 2.00. The van der Waals surface area contributed by atoms with E-state index >= 15 is 0 Å². The maximum Gasteiger partial charge on any atom is 0.433 e. The Hall–Kier alpha value is -0.710. The van der Waals surface area contributed by atoms with Gasteiger partial charge in [0.2, 0.25) is 0 Å². The van der Waals surface area contributed by atoms with Crippen molar-refractivity contribution in [3.8, 4) is 0 Å². The molecule has 0 aliphatic carbocycles. The molecule has 0 aliphatic rings. The smallest absolute Gasteiger partial charge is 0.323 e. The Bertz CT molecular complexity index is 253. The third-order valence-corrected chi connectivity index (χ3v) is 2.28. The summed E-state index contributed by atoms with van der Waals surface area (Å²) in [5, 5.41) is 5.03. The minimum absolute atomic E-state index is 0.264. The average molecular weight is 195 g/mol. The van der Waals surface area contributed by atoms with Crippen molar-refractivity contribution in [3.63, 3.8) is 0 Å². The fourth-order valence-electron chi connectivity index (χ4n) is 0.277. The van der Waals surface area contributed by atoms with Gasteiger partial charge in [-0.25, -0.2) is 4.79 Å². The van der Waals surface area contributed by atoms with Gasteiger partial charge in [-0.3, -0.25) is 4.84 Å². The highest BCUT2D eigenvalue weighted by molar-refractivity contribution is 8.00. The summed E-state index contributed by atoms with van der Waals surface area (Å²) < 4.78 is 19.9. The van der Waals surface area contributed by atoms with E-state index in [1.807, 2.05) is 20.1 Å². The molecule has 0 spiro atoms. The van der Waals surface area contributed by atoms with Crippen LogP contribution in [-0.2, 0) is 4.84 Å². The molecule has 0 rings (SSSR count). The molecule has 0 bridgehead atoms. The highest BCUT2D eigenvalue weighted by atomic mass is 32.2. The monoisotopic (exact) mass is 195 g/mol. The number of rotatable bonds is 3. The van der Waals surface area contributed by atoms with Crippen molar-refractivity contribution in [1.82, 2.24) is 5.32 Å². The number of carbonyl (C=O) groups is 1. The molecule has 0 atom stereocenters. The number of nitrogens with one attached hydrogen (secondary N) is 1. The molecule has 0 aromatic carbocycles. The van der Waals surface area contributed by atoms with Gasteiger partial charge in [0.25, 0.3) is 0 Å². The molecule has 0 aliphatic heterocycles.